The molecule has 0 bridgehead atoms. The second-order valence-corrected chi connectivity index (χ2v) is 5.27. The smallest absolute Gasteiger partial charge is 0.210 e. The highest BCUT2D eigenvalue weighted by molar-refractivity contribution is 9.10. The molecule has 0 atom stereocenters. The number of benzene rings is 1. The van der Waals surface area contributed by atoms with Crippen LogP contribution in [0.15, 0.2) is 34.1 Å². The van der Waals surface area contributed by atoms with Crippen LogP contribution < -0.4 is 9.47 Å². The quantitative estimate of drug-likeness (QED) is 0.802. The van der Waals surface area contributed by atoms with Crippen LogP contribution in [-0.4, -0.2) is 20.0 Å². The van der Waals surface area contributed by atoms with Gasteiger partial charge in [-0.05, 0) is 39.5 Å². The maximum atomic E-state index is 12.4. The van der Waals surface area contributed by atoms with Crippen LogP contribution in [0.4, 0.5) is 0 Å². The van der Waals surface area contributed by atoms with Crippen LogP contribution in [0.5, 0.6) is 11.5 Å². The minimum Gasteiger partial charge on any atom is -0.496 e. The van der Waals surface area contributed by atoms with Gasteiger partial charge in [0, 0.05) is 0 Å². The Balaban J connectivity index is 2.61. The molecule has 0 spiro atoms. The highest BCUT2D eigenvalue weighted by Crippen LogP contribution is 2.37. The lowest BCUT2D eigenvalue weighted by Gasteiger charge is -2.13. The molecule has 0 saturated carbocycles. The Bertz CT molecular complexity index is 564. The zero-order chi connectivity index (χ0) is 13.1. The lowest BCUT2D eigenvalue weighted by atomic mass is 10.1. The maximum Gasteiger partial charge on any atom is 0.210 e. The zero-order valence-electron chi connectivity index (χ0n) is 9.90. The first-order chi connectivity index (χ1) is 8.69. The predicted octanol–water partition coefficient (Wildman–Crippen LogP) is 3.76. The molecular weight excluding hydrogens is 316 g/mol. The lowest BCUT2D eigenvalue weighted by molar-refractivity contribution is 0.103. The molecule has 3 nitrogen and oxygen atoms in total. The van der Waals surface area contributed by atoms with Crippen molar-refractivity contribution in [3.05, 3.63) is 44.6 Å². The number of hydrogen-bond acceptors (Lipinski definition) is 4. The standard InChI is InChI=1S/C13H11BrO3S/c1-16-9-6-5-8(14)13(17-2)11(9)12(15)10-4-3-7-18-10/h3-7H,1-2H3. The normalized spacial score (nSPS) is 10.2. The van der Waals surface area contributed by atoms with E-state index in [0.717, 1.165) is 4.47 Å². The molecule has 0 fully saturated rings. The van der Waals surface area contributed by atoms with E-state index < -0.39 is 0 Å². The maximum absolute atomic E-state index is 12.4. The van der Waals surface area contributed by atoms with Gasteiger partial charge in [0.05, 0.1) is 23.6 Å². The highest BCUT2D eigenvalue weighted by Gasteiger charge is 2.22. The van der Waals surface area contributed by atoms with Gasteiger partial charge < -0.3 is 9.47 Å². The summed E-state index contributed by atoms with van der Waals surface area (Å²) in [7, 11) is 3.07. The molecule has 5 heteroatoms. The summed E-state index contributed by atoms with van der Waals surface area (Å²) >= 11 is 4.77. The summed E-state index contributed by atoms with van der Waals surface area (Å²) in [6, 6.07) is 7.16. The van der Waals surface area contributed by atoms with Crippen LogP contribution in [-0.2, 0) is 0 Å². The third-order valence-electron chi connectivity index (χ3n) is 2.47. The number of carbonyl (C=O) groups excluding carboxylic acids is 1. The van der Waals surface area contributed by atoms with E-state index in [4.69, 9.17) is 9.47 Å². The van der Waals surface area contributed by atoms with Crippen LogP contribution in [0.25, 0.3) is 0 Å². The summed E-state index contributed by atoms with van der Waals surface area (Å²) in [5, 5.41) is 1.87. The SMILES string of the molecule is COc1ccc(Br)c(OC)c1C(=O)c1cccs1. The topological polar surface area (TPSA) is 35.5 Å². The van der Waals surface area contributed by atoms with Crippen molar-refractivity contribution in [1.82, 2.24) is 0 Å². The third-order valence-corrected chi connectivity index (χ3v) is 3.96. The van der Waals surface area contributed by atoms with Crippen molar-refractivity contribution >= 4 is 33.0 Å². The van der Waals surface area contributed by atoms with E-state index in [1.54, 1.807) is 18.2 Å². The molecule has 2 aromatic rings. The monoisotopic (exact) mass is 326 g/mol. The molecule has 1 aromatic heterocycles. The summed E-state index contributed by atoms with van der Waals surface area (Å²) < 4.78 is 11.3. The number of ether oxygens (including phenoxy) is 2. The van der Waals surface area contributed by atoms with Crippen molar-refractivity contribution in [3.63, 3.8) is 0 Å². The predicted molar refractivity (Wildman–Crippen MR) is 75.0 cm³/mol. The summed E-state index contributed by atoms with van der Waals surface area (Å²) in [4.78, 5) is 13.1. The van der Waals surface area contributed by atoms with Gasteiger partial charge in [-0.2, -0.15) is 0 Å². The van der Waals surface area contributed by atoms with Gasteiger partial charge in [0.1, 0.15) is 17.1 Å². The fraction of sp³-hybridized carbons (Fsp3) is 0.154. The average Bonchev–Trinajstić information content (AvgIpc) is 2.91. The molecule has 0 aliphatic heterocycles. The number of thiophene rings is 1. The van der Waals surface area contributed by atoms with Crippen LogP contribution in [0.3, 0.4) is 0 Å². The average molecular weight is 327 g/mol. The van der Waals surface area contributed by atoms with Crippen molar-refractivity contribution in [2.75, 3.05) is 14.2 Å². The molecule has 0 N–H and O–H groups in total. The number of rotatable bonds is 4. The van der Waals surface area contributed by atoms with Gasteiger partial charge in [-0.3, -0.25) is 4.79 Å². The molecule has 0 unspecified atom stereocenters. The van der Waals surface area contributed by atoms with E-state index in [0.29, 0.717) is 21.9 Å². The molecule has 0 aliphatic carbocycles. The first-order valence-corrected chi connectivity index (χ1v) is 6.85. The fourth-order valence-corrected chi connectivity index (χ4v) is 2.82. The molecule has 0 amide bonds. The zero-order valence-corrected chi connectivity index (χ0v) is 12.3. The lowest BCUT2D eigenvalue weighted by Crippen LogP contribution is -2.05. The second-order valence-electron chi connectivity index (χ2n) is 3.46. The Morgan fingerprint density at radius 2 is 2.00 bits per heavy atom. The van der Waals surface area contributed by atoms with Gasteiger partial charge in [-0.1, -0.05) is 6.07 Å². The molecule has 2 rings (SSSR count). The van der Waals surface area contributed by atoms with Crippen molar-refractivity contribution in [3.8, 4) is 11.5 Å². The number of carbonyl (C=O) groups is 1. The van der Waals surface area contributed by atoms with Gasteiger partial charge in [-0.25, -0.2) is 0 Å². The minimum absolute atomic E-state index is 0.0972. The molecule has 1 heterocycles. The number of hydrogen-bond donors (Lipinski definition) is 0. The number of halogens is 1. The Morgan fingerprint density at radius 1 is 1.22 bits per heavy atom. The molecular formula is C13H11BrO3S. The summed E-state index contributed by atoms with van der Waals surface area (Å²) in [6.45, 7) is 0. The van der Waals surface area contributed by atoms with E-state index in [1.807, 2.05) is 11.4 Å². The van der Waals surface area contributed by atoms with Gasteiger partial charge in [0.15, 0.2) is 0 Å². The van der Waals surface area contributed by atoms with Gasteiger partial charge in [0.25, 0.3) is 0 Å². The second kappa shape index (κ2) is 5.54. The van der Waals surface area contributed by atoms with Crippen molar-refractivity contribution in [1.29, 1.82) is 0 Å². The molecule has 1 aromatic carbocycles. The molecule has 0 saturated heterocycles. The molecule has 18 heavy (non-hydrogen) atoms. The van der Waals surface area contributed by atoms with Crippen molar-refractivity contribution in [2.24, 2.45) is 0 Å². The van der Waals surface area contributed by atoms with Gasteiger partial charge in [0.2, 0.25) is 5.78 Å². The fourth-order valence-electron chi connectivity index (χ4n) is 1.65. The van der Waals surface area contributed by atoms with Gasteiger partial charge in [-0.15, -0.1) is 11.3 Å². The first-order valence-electron chi connectivity index (χ1n) is 5.17. The van der Waals surface area contributed by atoms with E-state index in [-0.39, 0.29) is 5.78 Å². The Kier molecular flexibility index (Phi) is 4.04. The largest absolute Gasteiger partial charge is 0.496 e. The molecule has 94 valence electrons. The van der Waals surface area contributed by atoms with Crippen LogP contribution in [0.1, 0.15) is 15.2 Å². The Morgan fingerprint density at radius 3 is 2.56 bits per heavy atom. The third kappa shape index (κ3) is 2.28. The van der Waals surface area contributed by atoms with E-state index in [1.165, 1.54) is 25.6 Å². The van der Waals surface area contributed by atoms with Crippen molar-refractivity contribution in [2.45, 2.75) is 0 Å². The van der Waals surface area contributed by atoms with Crippen LogP contribution in [0.2, 0.25) is 0 Å². The highest BCUT2D eigenvalue weighted by atomic mass is 79.9. The molecule has 0 aliphatic rings. The van der Waals surface area contributed by atoms with Gasteiger partial charge >= 0.3 is 0 Å². The van der Waals surface area contributed by atoms with E-state index in [2.05, 4.69) is 15.9 Å². The summed E-state index contributed by atoms with van der Waals surface area (Å²) in [5.74, 6) is 0.904. The summed E-state index contributed by atoms with van der Waals surface area (Å²) in [6.07, 6.45) is 0. The first kappa shape index (κ1) is 13.1. The van der Waals surface area contributed by atoms with E-state index in [9.17, 15) is 4.79 Å². The van der Waals surface area contributed by atoms with Crippen LogP contribution in [0, 0.1) is 0 Å². The Hall–Kier alpha value is -1.33. The number of methoxy groups -OCH3 is 2. The Labute approximate surface area is 117 Å². The number of ketones is 1. The van der Waals surface area contributed by atoms with E-state index >= 15 is 0 Å². The molecule has 0 radical (unpaired) electrons. The minimum atomic E-state index is -0.0972. The van der Waals surface area contributed by atoms with Crippen molar-refractivity contribution < 1.29 is 14.3 Å². The van der Waals surface area contributed by atoms with Crippen LogP contribution >= 0.6 is 27.3 Å². The summed E-state index contributed by atoms with van der Waals surface area (Å²) in [5.41, 5.74) is 0.442.